The third kappa shape index (κ3) is 6.73. The van der Waals surface area contributed by atoms with Crippen LogP contribution in [0.2, 0.25) is 0 Å². The fourth-order valence-electron chi connectivity index (χ4n) is 2.50. The predicted molar refractivity (Wildman–Crippen MR) is 100 cm³/mol. The number of amides is 2. The molecule has 24 heavy (non-hydrogen) atoms. The maximum Gasteiger partial charge on any atom is 0.313 e. The second-order valence-electron chi connectivity index (χ2n) is 7.41. The summed E-state index contributed by atoms with van der Waals surface area (Å²) in [4.78, 5) is 23.9. The van der Waals surface area contributed by atoms with Gasteiger partial charge in [0.15, 0.2) is 0 Å². The van der Waals surface area contributed by atoms with E-state index in [1.165, 1.54) is 5.56 Å². The van der Waals surface area contributed by atoms with Crippen molar-refractivity contribution in [1.29, 1.82) is 0 Å². The highest BCUT2D eigenvalue weighted by molar-refractivity contribution is 6.39. The molecule has 0 fully saturated rings. The topological polar surface area (TPSA) is 58.2 Å². The molecular formula is C20H32N2O2. The van der Waals surface area contributed by atoms with Gasteiger partial charge in [-0.05, 0) is 35.4 Å². The van der Waals surface area contributed by atoms with Crippen LogP contribution >= 0.6 is 0 Å². The van der Waals surface area contributed by atoms with Gasteiger partial charge < -0.3 is 10.6 Å². The van der Waals surface area contributed by atoms with Crippen molar-refractivity contribution in [1.82, 2.24) is 5.32 Å². The van der Waals surface area contributed by atoms with E-state index in [4.69, 9.17) is 0 Å². The first-order valence-corrected chi connectivity index (χ1v) is 8.97. The van der Waals surface area contributed by atoms with E-state index in [1.807, 2.05) is 24.3 Å². The Morgan fingerprint density at radius 1 is 1.04 bits per heavy atom. The van der Waals surface area contributed by atoms with Crippen molar-refractivity contribution in [2.24, 2.45) is 5.92 Å². The number of anilines is 1. The minimum Gasteiger partial charge on any atom is -0.348 e. The Labute approximate surface area is 146 Å². The van der Waals surface area contributed by atoms with E-state index in [0.717, 1.165) is 25.7 Å². The Morgan fingerprint density at radius 3 is 2.17 bits per heavy atom. The SMILES string of the molecule is CCCC[C@H](CC)CNC(=O)C(=O)Nc1ccc(C(C)(C)C)cc1. The summed E-state index contributed by atoms with van der Waals surface area (Å²) in [6.45, 7) is 11.2. The Balaban J connectivity index is 2.50. The van der Waals surface area contributed by atoms with Gasteiger partial charge in [-0.1, -0.05) is 66.0 Å². The molecule has 0 radical (unpaired) electrons. The number of carbonyl (C=O) groups is 2. The molecule has 1 aromatic rings. The zero-order chi connectivity index (χ0) is 18.2. The van der Waals surface area contributed by atoms with Crippen molar-refractivity contribution < 1.29 is 9.59 Å². The third-order valence-corrected chi connectivity index (χ3v) is 4.31. The summed E-state index contributed by atoms with van der Waals surface area (Å²) >= 11 is 0. The summed E-state index contributed by atoms with van der Waals surface area (Å²) in [6.07, 6.45) is 4.40. The quantitative estimate of drug-likeness (QED) is 0.733. The summed E-state index contributed by atoms with van der Waals surface area (Å²) in [5.74, 6) is -0.735. The first-order valence-electron chi connectivity index (χ1n) is 8.97. The highest BCUT2D eigenvalue weighted by atomic mass is 16.2. The number of hydrogen-bond donors (Lipinski definition) is 2. The van der Waals surface area contributed by atoms with Crippen LogP contribution in [0.4, 0.5) is 5.69 Å². The molecular weight excluding hydrogens is 300 g/mol. The van der Waals surface area contributed by atoms with Gasteiger partial charge in [0, 0.05) is 12.2 Å². The number of nitrogens with one attached hydrogen (secondary N) is 2. The van der Waals surface area contributed by atoms with Crippen LogP contribution in [-0.2, 0) is 15.0 Å². The van der Waals surface area contributed by atoms with Crippen LogP contribution in [0.1, 0.15) is 65.9 Å². The molecule has 1 atom stereocenters. The lowest BCUT2D eigenvalue weighted by atomic mass is 9.87. The molecule has 0 bridgehead atoms. The van der Waals surface area contributed by atoms with Crippen LogP contribution < -0.4 is 10.6 Å². The van der Waals surface area contributed by atoms with Gasteiger partial charge in [-0.25, -0.2) is 0 Å². The molecule has 0 unspecified atom stereocenters. The van der Waals surface area contributed by atoms with Crippen LogP contribution in [0, 0.1) is 5.92 Å². The van der Waals surface area contributed by atoms with E-state index < -0.39 is 11.8 Å². The fourth-order valence-corrected chi connectivity index (χ4v) is 2.50. The van der Waals surface area contributed by atoms with Crippen molar-refractivity contribution in [2.75, 3.05) is 11.9 Å². The highest BCUT2D eigenvalue weighted by Gasteiger charge is 2.17. The average molecular weight is 332 g/mol. The van der Waals surface area contributed by atoms with E-state index in [2.05, 4.69) is 45.3 Å². The number of carbonyl (C=O) groups excluding carboxylic acids is 2. The molecule has 2 amide bonds. The van der Waals surface area contributed by atoms with Crippen molar-refractivity contribution in [3.8, 4) is 0 Å². The molecule has 134 valence electrons. The molecule has 4 heteroatoms. The van der Waals surface area contributed by atoms with E-state index >= 15 is 0 Å². The smallest absolute Gasteiger partial charge is 0.313 e. The largest absolute Gasteiger partial charge is 0.348 e. The predicted octanol–water partition coefficient (Wildman–Crippen LogP) is 4.26. The van der Waals surface area contributed by atoms with Crippen LogP contribution in [-0.4, -0.2) is 18.4 Å². The van der Waals surface area contributed by atoms with Crippen LogP contribution in [0.25, 0.3) is 0 Å². The van der Waals surface area contributed by atoms with Gasteiger partial charge in [0.1, 0.15) is 0 Å². The van der Waals surface area contributed by atoms with Crippen LogP contribution in [0.5, 0.6) is 0 Å². The maximum absolute atomic E-state index is 12.0. The molecule has 0 aliphatic carbocycles. The number of hydrogen-bond acceptors (Lipinski definition) is 2. The van der Waals surface area contributed by atoms with Crippen molar-refractivity contribution >= 4 is 17.5 Å². The van der Waals surface area contributed by atoms with E-state index in [1.54, 1.807) is 0 Å². The number of unbranched alkanes of at least 4 members (excludes halogenated alkanes) is 1. The fraction of sp³-hybridized carbons (Fsp3) is 0.600. The van der Waals surface area contributed by atoms with Gasteiger partial charge >= 0.3 is 11.8 Å². The van der Waals surface area contributed by atoms with Crippen molar-refractivity contribution in [3.63, 3.8) is 0 Å². The molecule has 0 aliphatic rings. The molecule has 0 aromatic heterocycles. The molecule has 1 rings (SSSR count). The van der Waals surface area contributed by atoms with Gasteiger partial charge in [-0.15, -0.1) is 0 Å². The lowest BCUT2D eigenvalue weighted by Gasteiger charge is -2.19. The van der Waals surface area contributed by atoms with Crippen molar-refractivity contribution in [3.05, 3.63) is 29.8 Å². The third-order valence-electron chi connectivity index (χ3n) is 4.31. The Hall–Kier alpha value is -1.84. The van der Waals surface area contributed by atoms with E-state index in [9.17, 15) is 9.59 Å². The monoisotopic (exact) mass is 332 g/mol. The Morgan fingerprint density at radius 2 is 1.67 bits per heavy atom. The number of rotatable bonds is 7. The molecule has 0 aliphatic heterocycles. The standard InChI is InChI=1S/C20H32N2O2/c1-6-8-9-15(7-2)14-21-18(23)19(24)22-17-12-10-16(11-13-17)20(3,4)5/h10-13,15H,6-9,14H2,1-5H3,(H,21,23)(H,22,24)/t15-/m0/s1. The molecule has 0 saturated carbocycles. The normalized spacial score (nSPS) is 12.5. The zero-order valence-electron chi connectivity index (χ0n) is 15.7. The molecule has 0 spiro atoms. The summed E-state index contributed by atoms with van der Waals surface area (Å²) in [6, 6.07) is 7.63. The summed E-state index contributed by atoms with van der Waals surface area (Å²) in [5, 5.41) is 5.40. The Bertz CT molecular complexity index is 530. The second kappa shape index (κ2) is 9.45. The van der Waals surface area contributed by atoms with Crippen molar-refractivity contribution in [2.45, 2.75) is 65.7 Å². The highest BCUT2D eigenvalue weighted by Crippen LogP contribution is 2.23. The summed E-state index contributed by atoms with van der Waals surface area (Å²) in [7, 11) is 0. The lowest BCUT2D eigenvalue weighted by molar-refractivity contribution is -0.136. The van der Waals surface area contributed by atoms with Gasteiger partial charge in [-0.3, -0.25) is 9.59 Å². The molecule has 0 saturated heterocycles. The first-order chi connectivity index (χ1) is 11.3. The van der Waals surface area contributed by atoms with Crippen LogP contribution in [0.15, 0.2) is 24.3 Å². The molecule has 4 nitrogen and oxygen atoms in total. The first kappa shape index (κ1) is 20.2. The number of benzene rings is 1. The lowest BCUT2D eigenvalue weighted by Crippen LogP contribution is -2.38. The minimum atomic E-state index is -0.608. The van der Waals surface area contributed by atoms with E-state index in [0.29, 0.717) is 18.2 Å². The molecule has 0 heterocycles. The minimum absolute atomic E-state index is 0.0631. The Kier molecular flexibility index (Phi) is 7.96. The van der Waals surface area contributed by atoms with Crippen LogP contribution in [0.3, 0.4) is 0 Å². The molecule has 1 aromatic carbocycles. The maximum atomic E-state index is 12.0. The van der Waals surface area contributed by atoms with Gasteiger partial charge in [-0.2, -0.15) is 0 Å². The zero-order valence-corrected chi connectivity index (χ0v) is 15.7. The van der Waals surface area contributed by atoms with E-state index in [-0.39, 0.29) is 5.41 Å². The summed E-state index contributed by atoms with van der Waals surface area (Å²) in [5.41, 5.74) is 1.89. The molecule has 2 N–H and O–H groups in total. The van der Waals surface area contributed by atoms with Gasteiger partial charge in [0.05, 0.1) is 0 Å². The average Bonchev–Trinajstić information content (AvgIpc) is 2.54. The second-order valence-corrected chi connectivity index (χ2v) is 7.41. The summed E-state index contributed by atoms with van der Waals surface area (Å²) < 4.78 is 0. The van der Waals surface area contributed by atoms with Gasteiger partial charge in [0.2, 0.25) is 0 Å². The van der Waals surface area contributed by atoms with Gasteiger partial charge in [0.25, 0.3) is 0 Å².